The number of benzene rings is 1. The summed E-state index contributed by atoms with van der Waals surface area (Å²) in [5, 5.41) is 0. The van der Waals surface area contributed by atoms with Gasteiger partial charge in [-0.25, -0.2) is 9.59 Å². The molecule has 2 N–H and O–H groups in total. The van der Waals surface area contributed by atoms with E-state index in [0.29, 0.717) is 5.69 Å². The number of carbonyl (C=O) groups is 1. The first kappa shape index (κ1) is 13.3. The normalized spacial score (nSPS) is 16.7. The van der Waals surface area contributed by atoms with Gasteiger partial charge in [0, 0.05) is 12.6 Å². The molecule has 0 atom stereocenters. The smallest absolute Gasteiger partial charge is 0.319 e. The molecule has 1 saturated carbocycles. The average Bonchev–Trinajstić information content (AvgIpc) is 2.88. The number of hydrogen-bond acceptors (Lipinski definition) is 3. The number of nitrogens with zero attached hydrogens (tertiary/aromatic N) is 2. The van der Waals surface area contributed by atoms with Crippen LogP contribution < -0.4 is 10.6 Å². The van der Waals surface area contributed by atoms with Gasteiger partial charge < -0.3 is 5.73 Å². The van der Waals surface area contributed by atoms with Gasteiger partial charge in [0.05, 0.1) is 5.69 Å². The summed E-state index contributed by atoms with van der Waals surface area (Å²) in [5.74, 6) is 0. The SMILES string of the molecule is CN(C(N)=O)c1ccccc1C1(N=C=O)CCCC1. The number of hydrogen-bond donors (Lipinski definition) is 1. The topological polar surface area (TPSA) is 75.8 Å². The Morgan fingerprint density at radius 1 is 1.37 bits per heavy atom. The van der Waals surface area contributed by atoms with Crippen molar-refractivity contribution in [1.29, 1.82) is 0 Å². The molecule has 1 aliphatic carbocycles. The fourth-order valence-electron chi connectivity index (χ4n) is 2.77. The van der Waals surface area contributed by atoms with Gasteiger partial charge in [0.15, 0.2) is 0 Å². The summed E-state index contributed by atoms with van der Waals surface area (Å²) in [6.45, 7) is 0. The molecule has 19 heavy (non-hydrogen) atoms. The lowest BCUT2D eigenvalue weighted by Gasteiger charge is -2.28. The van der Waals surface area contributed by atoms with Gasteiger partial charge >= 0.3 is 6.03 Å². The summed E-state index contributed by atoms with van der Waals surface area (Å²) in [6.07, 6.45) is 5.31. The van der Waals surface area contributed by atoms with Crippen molar-refractivity contribution in [3.63, 3.8) is 0 Å². The molecule has 100 valence electrons. The van der Waals surface area contributed by atoms with Crippen molar-refractivity contribution in [1.82, 2.24) is 0 Å². The maximum atomic E-state index is 11.4. The molecule has 2 amide bonds. The number of nitrogens with two attached hydrogens (primary N) is 1. The number of carbonyl (C=O) groups excluding carboxylic acids is 2. The minimum absolute atomic E-state index is 0.532. The molecule has 1 fully saturated rings. The van der Waals surface area contributed by atoms with Gasteiger partial charge in [-0.15, -0.1) is 0 Å². The van der Waals surface area contributed by atoms with E-state index in [9.17, 15) is 9.59 Å². The summed E-state index contributed by atoms with van der Waals surface area (Å²) >= 11 is 0. The highest BCUT2D eigenvalue weighted by atomic mass is 16.2. The zero-order valence-electron chi connectivity index (χ0n) is 10.9. The van der Waals surface area contributed by atoms with E-state index in [1.165, 1.54) is 4.90 Å². The molecular weight excluding hydrogens is 242 g/mol. The van der Waals surface area contributed by atoms with Crippen LogP contribution in [0.25, 0.3) is 0 Å². The van der Waals surface area contributed by atoms with E-state index in [4.69, 9.17) is 5.73 Å². The highest BCUT2D eigenvalue weighted by Crippen LogP contribution is 2.45. The quantitative estimate of drug-likeness (QED) is 0.668. The molecule has 5 heteroatoms. The Labute approximate surface area is 112 Å². The second kappa shape index (κ2) is 5.24. The fourth-order valence-corrected chi connectivity index (χ4v) is 2.77. The van der Waals surface area contributed by atoms with Crippen LogP contribution in [0.1, 0.15) is 31.2 Å². The number of rotatable bonds is 3. The molecule has 1 aromatic rings. The molecule has 1 aliphatic rings. The van der Waals surface area contributed by atoms with Gasteiger partial charge in [-0.3, -0.25) is 4.90 Å². The first-order valence-corrected chi connectivity index (χ1v) is 6.32. The fraction of sp³-hybridized carbons (Fsp3) is 0.429. The van der Waals surface area contributed by atoms with Gasteiger partial charge in [0.2, 0.25) is 6.08 Å². The number of aliphatic imine (C=N–C) groups is 1. The Morgan fingerprint density at radius 2 is 2.00 bits per heavy atom. The number of isocyanates is 1. The highest BCUT2D eigenvalue weighted by Gasteiger charge is 2.38. The van der Waals surface area contributed by atoms with Crippen LogP contribution >= 0.6 is 0 Å². The second-order valence-corrected chi connectivity index (χ2v) is 4.86. The van der Waals surface area contributed by atoms with Crippen LogP contribution in [0.15, 0.2) is 29.3 Å². The molecule has 0 heterocycles. The molecule has 0 unspecified atom stereocenters. The van der Waals surface area contributed by atoms with Crippen LogP contribution in [0.2, 0.25) is 0 Å². The summed E-state index contributed by atoms with van der Waals surface area (Å²) in [5.41, 5.74) is 6.36. The second-order valence-electron chi connectivity index (χ2n) is 4.86. The van der Waals surface area contributed by atoms with Crippen molar-refractivity contribution in [2.45, 2.75) is 31.2 Å². The van der Waals surface area contributed by atoms with Gasteiger partial charge in [-0.2, -0.15) is 4.99 Å². The van der Waals surface area contributed by atoms with Gasteiger partial charge in [-0.05, 0) is 18.9 Å². The molecule has 0 saturated heterocycles. The van der Waals surface area contributed by atoms with Crippen LogP contribution in [0.3, 0.4) is 0 Å². The number of anilines is 1. The third kappa shape index (κ3) is 2.37. The van der Waals surface area contributed by atoms with Crippen molar-refractivity contribution in [2.75, 3.05) is 11.9 Å². The number of primary amides is 1. The lowest BCUT2D eigenvalue weighted by molar-refractivity contribution is 0.255. The van der Waals surface area contributed by atoms with Crippen LogP contribution in [0.5, 0.6) is 0 Å². The molecule has 1 aromatic carbocycles. The Kier molecular flexibility index (Phi) is 3.67. The van der Waals surface area contributed by atoms with Crippen molar-refractivity contribution in [3.8, 4) is 0 Å². The number of amides is 2. The zero-order valence-corrected chi connectivity index (χ0v) is 10.9. The average molecular weight is 259 g/mol. The van der Waals surface area contributed by atoms with E-state index in [0.717, 1.165) is 31.2 Å². The minimum atomic E-state index is -0.554. The van der Waals surface area contributed by atoms with E-state index in [2.05, 4.69) is 4.99 Å². The van der Waals surface area contributed by atoms with E-state index < -0.39 is 11.6 Å². The Hall–Kier alpha value is -2.13. The van der Waals surface area contributed by atoms with Crippen molar-refractivity contribution in [2.24, 2.45) is 10.7 Å². The van der Waals surface area contributed by atoms with Gasteiger partial charge in [0.1, 0.15) is 5.54 Å². The Balaban J connectivity index is 2.55. The zero-order chi connectivity index (χ0) is 13.9. The lowest BCUT2D eigenvalue weighted by atomic mass is 9.87. The predicted molar refractivity (Wildman–Crippen MR) is 72.7 cm³/mol. The molecule has 5 nitrogen and oxygen atoms in total. The number of urea groups is 1. The highest BCUT2D eigenvalue weighted by molar-refractivity contribution is 5.91. The van der Waals surface area contributed by atoms with Gasteiger partial charge in [-0.1, -0.05) is 31.0 Å². The molecule has 0 aromatic heterocycles. The Morgan fingerprint density at radius 3 is 2.58 bits per heavy atom. The third-order valence-corrected chi connectivity index (χ3v) is 3.79. The van der Waals surface area contributed by atoms with E-state index in [1.807, 2.05) is 24.3 Å². The summed E-state index contributed by atoms with van der Waals surface area (Å²) < 4.78 is 0. The van der Waals surface area contributed by atoms with Crippen molar-refractivity contribution in [3.05, 3.63) is 29.8 Å². The maximum absolute atomic E-state index is 11.4. The van der Waals surface area contributed by atoms with Crippen molar-refractivity contribution < 1.29 is 9.59 Å². The maximum Gasteiger partial charge on any atom is 0.319 e. The molecular formula is C14H17N3O2. The molecule has 0 spiro atoms. The van der Waals surface area contributed by atoms with E-state index in [1.54, 1.807) is 13.1 Å². The summed E-state index contributed by atoms with van der Waals surface area (Å²) in [7, 11) is 1.62. The Bertz CT molecular complexity index is 529. The van der Waals surface area contributed by atoms with E-state index >= 15 is 0 Å². The summed E-state index contributed by atoms with van der Waals surface area (Å²) in [6, 6.07) is 6.91. The molecule has 0 aliphatic heterocycles. The van der Waals surface area contributed by atoms with Crippen molar-refractivity contribution >= 4 is 17.8 Å². The van der Waals surface area contributed by atoms with Crippen LogP contribution in [0.4, 0.5) is 10.5 Å². The van der Waals surface area contributed by atoms with Crippen LogP contribution in [-0.2, 0) is 10.3 Å². The first-order chi connectivity index (χ1) is 9.10. The largest absolute Gasteiger partial charge is 0.351 e. The van der Waals surface area contributed by atoms with E-state index in [-0.39, 0.29) is 0 Å². The van der Waals surface area contributed by atoms with Gasteiger partial charge in [0.25, 0.3) is 0 Å². The standard InChI is InChI=1S/C14H17N3O2/c1-17(13(15)19)12-7-3-2-6-11(12)14(16-10-18)8-4-5-9-14/h2-3,6-7H,4-5,8-9H2,1H3,(H2,15,19). The monoisotopic (exact) mass is 259 g/mol. The summed E-state index contributed by atoms with van der Waals surface area (Å²) in [4.78, 5) is 27.6. The number of para-hydroxylation sites is 1. The molecule has 0 radical (unpaired) electrons. The third-order valence-electron chi connectivity index (χ3n) is 3.79. The minimum Gasteiger partial charge on any atom is -0.351 e. The lowest BCUT2D eigenvalue weighted by Crippen LogP contribution is -2.34. The predicted octanol–water partition coefficient (Wildman–Crippen LogP) is 2.31. The molecule has 2 rings (SSSR count). The van der Waals surface area contributed by atoms with Crippen LogP contribution in [0, 0.1) is 0 Å². The first-order valence-electron chi connectivity index (χ1n) is 6.32. The van der Waals surface area contributed by atoms with Crippen LogP contribution in [-0.4, -0.2) is 19.2 Å². The molecule has 0 bridgehead atoms.